The van der Waals surface area contributed by atoms with Crippen LogP contribution >= 0.6 is 23.2 Å². The smallest absolute Gasteiger partial charge is 0.198 e. The van der Waals surface area contributed by atoms with Crippen LogP contribution in [0.1, 0.15) is 0 Å². The zero-order valence-electron chi connectivity index (χ0n) is 9.92. The van der Waals surface area contributed by atoms with Crippen molar-refractivity contribution >= 4 is 28.8 Å². The van der Waals surface area contributed by atoms with E-state index in [-0.39, 0.29) is 0 Å². The average Bonchev–Trinajstić information content (AvgIpc) is 3.08. The van der Waals surface area contributed by atoms with E-state index in [0.717, 1.165) is 0 Å². The zero-order valence-corrected chi connectivity index (χ0v) is 11.4. The van der Waals surface area contributed by atoms with Gasteiger partial charge in [-0.25, -0.2) is 15.0 Å². The van der Waals surface area contributed by atoms with Crippen LogP contribution in [0, 0.1) is 0 Å². The molecule has 7 heteroatoms. The molecule has 0 bridgehead atoms. The Morgan fingerprint density at radius 2 is 1.95 bits per heavy atom. The molecular weight excluding hydrogens is 299 g/mol. The minimum atomic E-state index is 0.299. The monoisotopic (exact) mass is 304 g/mol. The number of rotatable bonds is 1. The van der Waals surface area contributed by atoms with Crippen LogP contribution in [0.5, 0.6) is 0 Å². The molecule has 2 aromatic heterocycles. The van der Waals surface area contributed by atoms with Crippen molar-refractivity contribution in [3.63, 3.8) is 0 Å². The van der Waals surface area contributed by atoms with E-state index in [1.165, 1.54) is 0 Å². The summed E-state index contributed by atoms with van der Waals surface area (Å²) in [6, 6.07) is 7.08. The van der Waals surface area contributed by atoms with Gasteiger partial charge in [-0.3, -0.25) is 4.40 Å². The highest BCUT2D eigenvalue weighted by Crippen LogP contribution is 2.31. The summed E-state index contributed by atoms with van der Waals surface area (Å²) in [5.41, 5.74) is 1.16. The highest BCUT2D eigenvalue weighted by Gasteiger charge is 2.21. The van der Waals surface area contributed by atoms with Crippen molar-refractivity contribution in [3.8, 4) is 23.1 Å². The second-order valence-corrected chi connectivity index (χ2v) is 4.97. The van der Waals surface area contributed by atoms with Crippen LogP contribution in [-0.2, 0) is 0 Å². The summed E-state index contributed by atoms with van der Waals surface area (Å²) in [7, 11) is 0. The molecule has 0 N–H and O–H groups in total. The van der Waals surface area contributed by atoms with Crippen LogP contribution in [0.2, 0.25) is 10.2 Å². The molecule has 0 radical (unpaired) electrons. The Labute approximate surface area is 123 Å². The first-order valence-corrected chi connectivity index (χ1v) is 6.53. The lowest BCUT2D eigenvalue weighted by molar-refractivity contribution is 0.578. The quantitative estimate of drug-likeness (QED) is 0.502. The van der Waals surface area contributed by atoms with Gasteiger partial charge in [0.1, 0.15) is 11.3 Å². The molecule has 0 amide bonds. The number of fused-ring (bicyclic) bond motifs is 3. The molecule has 0 unspecified atom stereocenters. The topological polar surface area (TPSA) is 56.2 Å². The summed E-state index contributed by atoms with van der Waals surface area (Å²) in [5, 5.41) is 0.878. The SMILES string of the molecule is Clc1ccc2nc(Cl)c3nc(-c4ccco4)nc-3n2c1. The summed E-state index contributed by atoms with van der Waals surface area (Å²) < 4.78 is 7.05. The Morgan fingerprint density at radius 1 is 1.05 bits per heavy atom. The molecule has 0 fully saturated rings. The summed E-state index contributed by atoms with van der Waals surface area (Å²) in [4.78, 5) is 13.1. The predicted octanol–water partition coefficient (Wildman–Crippen LogP) is 3.80. The van der Waals surface area contributed by atoms with Gasteiger partial charge in [-0.15, -0.1) is 0 Å². The van der Waals surface area contributed by atoms with Crippen LogP contribution in [-0.4, -0.2) is 19.4 Å². The summed E-state index contributed by atoms with van der Waals surface area (Å²) in [6.45, 7) is 0. The van der Waals surface area contributed by atoms with E-state index in [0.29, 0.717) is 38.9 Å². The average molecular weight is 305 g/mol. The van der Waals surface area contributed by atoms with Crippen molar-refractivity contribution in [2.45, 2.75) is 0 Å². The van der Waals surface area contributed by atoms with Crippen molar-refractivity contribution in [1.82, 2.24) is 19.4 Å². The van der Waals surface area contributed by atoms with Crippen LogP contribution in [0.4, 0.5) is 0 Å². The van der Waals surface area contributed by atoms with Crippen molar-refractivity contribution in [2.24, 2.45) is 0 Å². The predicted molar refractivity (Wildman–Crippen MR) is 75.1 cm³/mol. The zero-order chi connectivity index (χ0) is 13.7. The third-order valence-corrected chi connectivity index (χ3v) is 3.40. The molecule has 0 spiro atoms. The molecule has 0 aliphatic carbocycles. The number of pyridine rings is 1. The Hall–Kier alpha value is -2.11. The fourth-order valence-electron chi connectivity index (χ4n) is 2.04. The lowest BCUT2D eigenvalue weighted by Gasteiger charge is -2.06. The summed E-state index contributed by atoms with van der Waals surface area (Å²) in [6.07, 6.45) is 3.29. The second kappa shape index (κ2) is 4.19. The maximum absolute atomic E-state index is 6.16. The normalized spacial score (nSPS) is 11.5. The molecule has 4 rings (SSSR count). The number of halogens is 2. The maximum Gasteiger partial charge on any atom is 0.198 e. The van der Waals surface area contributed by atoms with Gasteiger partial charge in [0.15, 0.2) is 22.6 Å². The second-order valence-electron chi connectivity index (χ2n) is 4.17. The minimum Gasteiger partial charge on any atom is -0.461 e. The standard InChI is InChI=1S/C13H6Cl2N4O/c14-7-3-4-9-16-11(15)10-13(19(9)6-7)18-12(17-10)8-2-1-5-20-8/h1-6H. The van der Waals surface area contributed by atoms with Gasteiger partial charge in [0, 0.05) is 6.20 Å². The first kappa shape index (κ1) is 11.7. The van der Waals surface area contributed by atoms with E-state index in [1.54, 1.807) is 41.1 Å². The highest BCUT2D eigenvalue weighted by atomic mass is 35.5. The van der Waals surface area contributed by atoms with Crippen molar-refractivity contribution in [3.05, 3.63) is 46.9 Å². The van der Waals surface area contributed by atoms with Crippen LogP contribution < -0.4 is 0 Å². The molecule has 4 heterocycles. The maximum atomic E-state index is 6.16. The molecule has 0 saturated carbocycles. The van der Waals surface area contributed by atoms with Gasteiger partial charge in [0.25, 0.3) is 0 Å². The Balaban J connectivity index is 2.09. The van der Waals surface area contributed by atoms with Crippen LogP contribution in [0.15, 0.2) is 41.1 Å². The molecule has 2 aliphatic rings. The van der Waals surface area contributed by atoms with E-state index in [4.69, 9.17) is 27.6 Å². The fourth-order valence-corrected chi connectivity index (χ4v) is 2.41. The molecule has 0 atom stereocenters. The van der Waals surface area contributed by atoms with Gasteiger partial charge in [0.05, 0.1) is 11.3 Å². The molecule has 20 heavy (non-hydrogen) atoms. The highest BCUT2D eigenvalue weighted by molar-refractivity contribution is 6.32. The van der Waals surface area contributed by atoms with Gasteiger partial charge < -0.3 is 4.42 Å². The summed E-state index contributed by atoms with van der Waals surface area (Å²) >= 11 is 12.2. The number of nitrogens with zero attached hydrogens (tertiary/aromatic N) is 4. The van der Waals surface area contributed by atoms with E-state index in [9.17, 15) is 0 Å². The Kier molecular flexibility index (Phi) is 2.45. The van der Waals surface area contributed by atoms with Crippen LogP contribution in [0.3, 0.4) is 0 Å². The van der Waals surface area contributed by atoms with E-state index in [1.807, 2.05) is 0 Å². The largest absolute Gasteiger partial charge is 0.461 e. The molecule has 5 nitrogen and oxygen atoms in total. The molecule has 2 aromatic rings. The molecule has 0 saturated heterocycles. The Morgan fingerprint density at radius 3 is 2.75 bits per heavy atom. The van der Waals surface area contributed by atoms with Gasteiger partial charge in [-0.05, 0) is 24.3 Å². The lowest BCUT2D eigenvalue weighted by atomic mass is 10.4. The first-order valence-electron chi connectivity index (χ1n) is 5.77. The minimum absolute atomic E-state index is 0.299. The summed E-state index contributed by atoms with van der Waals surface area (Å²) in [5.74, 6) is 1.63. The number of hydrogen-bond donors (Lipinski definition) is 0. The lowest BCUT2D eigenvalue weighted by Crippen LogP contribution is -1.99. The van der Waals surface area contributed by atoms with Gasteiger partial charge >= 0.3 is 0 Å². The first-order chi connectivity index (χ1) is 9.72. The molecule has 2 aliphatic heterocycles. The molecule has 0 aromatic carbocycles. The third-order valence-electron chi connectivity index (χ3n) is 2.91. The van der Waals surface area contributed by atoms with Crippen molar-refractivity contribution < 1.29 is 4.42 Å². The van der Waals surface area contributed by atoms with Crippen molar-refractivity contribution in [2.75, 3.05) is 0 Å². The molecular formula is C13H6Cl2N4O. The van der Waals surface area contributed by atoms with E-state index in [2.05, 4.69) is 15.0 Å². The number of aromatic nitrogens is 4. The fraction of sp³-hybridized carbons (Fsp3) is 0. The number of imidazole rings is 1. The number of furan rings is 1. The van der Waals surface area contributed by atoms with Gasteiger partial charge in [-0.2, -0.15) is 0 Å². The van der Waals surface area contributed by atoms with Gasteiger partial charge in [0.2, 0.25) is 0 Å². The van der Waals surface area contributed by atoms with E-state index < -0.39 is 0 Å². The number of hydrogen-bond acceptors (Lipinski definition) is 4. The molecule has 98 valence electrons. The van der Waals surface area contributed by atoms with Crippen molar-refractivity contribution in [1.29, 1.82) is 0 Å². The van der Waals surface area contributed by atoms with E-state index >= 15 is 0 Å². The van der Waals surface area contributed by atoms with Gasteiger partial charge in [-0.1, -0.05) is 23.2 Å². The third kappa shape index (κ3) is 1.67. The van der Waals surface area contributed by atoms with Crippen LogP contribution in [0.25, 0.3) is 28.8 Å². The Bertz CT molecular complexity index is 885.